The second kappa shape index (κ2) is 7.51. The van der Waals surface area contributed by atoms with Crippen molar-refractivity contribution in [3.8, 4) is 0 Å². The van der Waals surface area contributed by atoms with Crippen molar-refractivity contribution in [2.24, 2.45) is 0 Å². The molecule has 0 aromatic rings. The van der Waals surface area contributed by atoms with Gasteiger partial charge in [-0.15, -0.1) is 0 Å². The van der Waals surface area contributed by atoms with Crippen molar-refractivity contribution in [3.05, 3.63) is 24.3 Å². The van der Waals surface area contributed by atoms with Crippen molar-refractivity contribution < 1.29 is 10.2 Å². The van der Waals surface area contributed by atoms with Crippen LogP contribution in [0.4, 0.5) is 0 Å². The summed E-state index contributed by atoms with van der Waals surface area (Å²) in [6.45, 7) is 2.08. The Balaban J connectivity index is 3.47. The van der Waals surface area contributed by atoms with Crippen LogP contribution >= 0.6 is 0 Å². The summed E-state index contributed by atoms with van der Waals surface area (Å²) in [5.41, 5.74) is 0. The molecule has 1 unspecified atom stereocenters. The van der Waals surface area contributed by atoms with Crippen LogP contribution in [0.15, 0.2) is 24.3 Å². The highest BCUT2D eigenvalue weighted by atomic mass is 16.3. The molecule has 0 aliphatic heterocycles. The first-order valence-electron chi connectivity index (χ1n) is 3.93. The third-order valence-electron chi connectivity index (χ3n) is 1.24. The fourth-order valence-corrected chi connectivity index (χ4v) is 0.636. The number of allylic oxidation sites excluding steroid dienone is 3. The normalized spacial score (nSPS) is 14.8. The molecular weight excluding hydrogens is 140 g/mol. The largest absolute Gasteiger partial charge is 0.396 e. The van der Waals surface area contributed by atoms with Crippen LogP contribution in [0.25, 0.3) is 0 Å². The standard InChI is InChI=1S/C9H16O2/c1-2-3-4-5-6-9(11)7-8-10/h3-6,9-11H,2,7-8H2,1H3. The van der Waals surface area contributed by atoms with E-state index < -0.39 is 6.10 Å². The highest BCUT2D eigenvalue weighted by Crippen LogP contribution is 1.92. The first-order chi connectivity index (χ1) is 5.31. The average molecular weight is 156 g/mol. The molecule has 0 aromatic heterocycles. The Kier molecular flexibility index (Phi) is 7.10. The maximum atomic E-state index is 9.07. The summed E-state index contributed by atoms with van der Waals surface area (Å²) in [6, 6.07) is 0. The summed E-state index contributed by atoms with van der Waals surface area (Å²) in [6.07, 6.45) is 8.26. The zero-order valence-corrected chi connectivity index (χ0v) is 6.90. The van der Waals surface area contributed by atoms with E-state index in [1.54, 1.807) is 12.2 Å². The second-order valence-corrected chi connectivity index (χ2v) is 2.30. The van der Waals surface area contributed by atoms with Crippen molar-refractivity contribution in [1.82, 2.24) is 0 Å². The van der Waals surface area contributed by atoms with Crippen LogP contribution < -0.4 is 0 Å². The highest BCUT2D eigenvalue weighted by Gasteiger charge is 1.93. The highest BCUT2D eigenvalue weighted by molar-refractivity contribution is 5.04. The van der Waals surface area contributed by atoms with Gasteiger partial charge in [-0.1, -0.05) is 31.2 Å². The molecule has 0 aliphatic rings. The molecule has 1 atom stereocenters. The summed E-state index contributed by atoms with van der Waals surface area (Å²) in [5.74, 6) is 0. The van der Waals surface area contributed by atoms with E-state index >= 15 is 0 Å². The van der Waals surface area contributed by atoms with Gasteiger partial charge >= 0.3 is 0 Å². The van der Waals surface area contributed by atoms with Crippen molar-refractivity contribution in [2.45, 2.75) is 25.9 Å². The Morgan fingerprint density at radius 3 is 2.64 bits per heavy atom. The summed E-state index contributed by atoms with van der Waals surface area (Å²) >= 11 is 0. The SMILES string of the molecule is CCC=CC=CC(O)CCO. The van der Waals surface area contributed by atoms with Gasteiger partial charge in [0.1, 0.15) is 0 Å². The minimum Gasteiger partial charge on any atom is -0.396 e. The Labute approximate surface area is 67.9 Å². The molecule has 64 valence electrons. The fourth-order valence-electron chi connectivity index (χ4n) is 0.636. The van der Waals surface area contributed by atoms with E-state index in [4.69, 9.17) is 10.2 Å². The number of aliphatic hydroxyl groups is 2. The van der Waals surface area contributed by atoms with Gasteiger partial charge in [-0.3, -0.25) is 0 Å². The van der Waals surface area contributed by atoms with Crippen molar-refractivity contribution in [1.29, 1.82) is 0 Å². The lowest BCUT2D eigenvalue weighted by molar-refractivity contribution is 0.170. The number of hydrogen-bond donors (Lipinski definition) is 2. The van der Waals surface area contributed by atoms with E-state index in [1.165, 1.54) is 0 Å². The van der Waals surface area contributed by atoms with E-state index in [9.17, 15) is 0 Å². The molecule has 0 saturated carbocycles. The molecule has 2 N–H and O–H groups in total. The van der Waals surface area contributed by atoms with Crippen LogP contribution in [0.3, 0.4) is 0 Å². The quantitative estimate of drug-likeness (QED) is 0.588. The summed E-state index contributed by atoms with van der Waals surface area (Å²) in [7, 11) is 0. The van der Waals surface area contributed by atoms with E-state index in [0.29, 0.717) is 6.42 Å². The van der Waals surface area contributed by atoms with Crippen LogP contribution in [-0.4, -0.2) is 22.9 Å². The van der Waals surface area contributed by atoms with Crippen LogP contribution in [0.1, 0.15) is 19.8 Å². The van der Waals surface area contributed by atoms with E-state index in [0.717, 1.165) is 6.42 Å². The predicted molar refractivity (Wildman–Crippen MR) is 46.3 cm³/mol. The molecular formula is C9H16O2. The number of rotatable bonds is 5. The molecule has 2 nitrogen and oxygen atoms in total. The Morgan fingerprint density at radius 1 is 1.36 bits per heavy atom. The summed E-state index contributed by atoms with van der Waals surface area (Å²) < 4.78 is 0. The molecule has 0 rings (SSSR count). The van der Waals surface area contributed by atoms with Crippen molar-refractivity contribution in [2.75, 3.05) is 6.61 Å². The monoisotopic (exact) mass is 156 g/mol. The van der Waals surface area contributed by atoms with Gasteiger partial charge in [-0.25, -0.2) is 0 Å². The third kappa shape index (κ3) is 7.30. The van der Waals surface area contributed by atoms with Gasteiger partial charge in [0.15, 0.2) is 0 Å². The lowest BCUT2D eigenvalue weighted by Gasteiger charge is -1.99. The Hall–Kier alpha value is -0.600. The zero-order chi connectivity index (χ0) is 8.53. The smallest absolute Gasteiger partial charge is 0.0745 e. The fraction of sp³-hybridized carbons (Fsp3) is 0.556. The second-order valence-electron chi connectivity index (χ2n) is 2.30. The molecule has 2 heteroatoms. The number of hydrogen-bond acceptors (Lipinski definition) is 2. The predicted octanol–water partition coefficient (Wildman–Crippen LogP) is 1.25. The lowest BCUT2D eigenvalue weighted by atomic mass is 10.2. The molecule has 0 aliphatic carbocycles. The average Bonchev–Trinajstić information content (AvgIpc) is 1.99. The maximum absolute atomic E-state index is 9.07. The molecule has 11 heavy (non-hydrogen) atoms. The molecule has 0 aromatic carbocycles. The molecule has 0 bridgehead atoms. The Morgan fingerprint density at radius 2 is 2.09 bits per heavy atom. The first-order valence-corrected chi connectivity index (χ1v) is 3.93. The van der Waals surface area contributed by atoms with Gasteiger partial charge < -0.3 is 10.2 Å². The summed E-state index contributed by atoms with van der Waals surface area (Å²) in [5, 5.41) is 17.5. The molecule has 0 spiro atoms. The third-order valence-corrected chi connectivity index (χ3v) is 1.24. The van der Waals surface area contributed by atoms with Gasteiger partial charge in [0.05, 0.1) is 6.10 Å². The van der Waals surface area contributed by atoms with Gasteiger partial charge in [-0.2, -0.15) is 0 Å². The molecule has 0 fully saturated rings. The van der Waals surface area contributed by atoms with Crippen molar-refractivity contribution >= 4 is 0 Å². The van der Waals surface area contributed by atoms with E-state index in [2.05, 4.69) is 6.92 Å². The number of aliphatic hydroxyl groups excluding tert-OH is 2. The molecule has 0 heterocycles. The van der Waals surface area contributed by atoms with E-state index in [-0.39, 0.29) is 6.61 Å². The van der Waals surface area contributed by atoms with Gasteiger partial charge in [-0.05, 0) is 12.8 Å². The molecule has 0 amide bonds. The minimum atomic E-state index is -0.512. The van der Waals surface area contributed by atoms with Crippen LogP contribution in [0.2, 0.25) is 0 Å². The van der Waals surface area contributed by atoms with Gasteiger partial charge in [0.2, 0.25) is 0 Å². The van der Waals surface area contributed by atoms with Crippen LogP contribution in [0.5, 0.6) is 0 Å². The van der Waals surface area contributed by atoms with Gasteiger partial charge in [0.25, 0.3) is 0 Å². The van der Waals surface area contributed by atoms with Gasteiger partial charge in [0, 0.05) is 6.61 Å². The van der Waals surface area contributed by atoms with Crippen LogP contribution in [-0.2, 0) is 0 Å². The Bertz CT molecular complexity index is 128. The summed E-state index contributed by atoms with van der Waals surface area (Å²) in [4.78, 5) is 0. The maximum Gasteiger partial charge on any atom is 0.0745 e. The first kappa shape index (κ1) is 10.4. The zero-order valence-electron chi connectivity index (χ0n) is 6.90. The lowest BCUT2D eigenvalue weighted by Crippen LogP contribution is -2.03. The van der Waals surface area contributed by atoms with Crippen molar-refractivity contribution in [3.63, 3.8) is 0 Å². The minimum absolute atomic E-state index is 0.0308. The van der Waals surface area contributed by atoms with E-state index in [1.807, 2.05) is 12.2 Å². The topological polar surface area (TPSA) is 40.5 Å². The van der Waals surface area contributed by atoms with Crippen LogP contribution in [0, 0.1) is 0 Å². The molecule has 0 radical (unpaired) electrons. The molecule has 0 saturated heterocycles.